The second-order valence-corrected chi connectivity index (χ2v) is 9.88. The number of fused-ring (bicyclic) bond motifs is 1. The van der Waals surface area contributed by atoms with Gasteiger partial charge < -0.3 is 19.5 Å². The lowest BCUT2D eigenvalue weighted by Crippen LogP contribution is -2.45. The quantitative estimate of drug-likeness (QED) is 0.726. The van der Waals surface area contributed by atoms with Gasteiger partial charge in [-0.3, -0.25) is 4.79 Å². The molecule has 30 heavy (non-hydrogen) atoms. The first-order valence-corrected chi connectivity index (χ1v) is 11.6. The average molecular weight is 452 g/mol. The van der Waals surface area contributed by atoms with Gasteiger partial charge in [0.05, 0.1) is 4.90 Å². The van der Waals surface area contributed by atoms with Gasteiger partial charge in [-0.25, -0.2) is 8.42 Å². The van der Waals surface area contributed by atoms with E-state index in [4.69, 9.17) is 25.8 Å². The minimum absolute atomic E-state index is 0.0681. The summed E-state index contributed by atoms with van der Waals surface area (Å²) in [7, 11) is -3.75. The normalized spacial score (nSPS) is 17.5. The third-order valence-electron chi connectivity index (χ3n) is 5.55. The maximum Gasteiger partial charge on any atom is 0.235 e. The molecule has 0 spiro atoms. The molecule has 2 aliphatic heterocycles. The number of hydrogen-bond donors (Lipinski definition) is 1. The Morgan fingerprint density at radius 2 is 1.73 bits per heavy atom. The minimum atomic E-state index is -3.75. The predicted molar refractivity (Wildman–Crippen MR) is 111 cm³/mol. The molecule has 0 bridgehead atoms. The number of halogens is 1. The molecule has 160 valence electrons. The number of sulfone groups is 1. The summed E-state index contributed by atoms with van der Waals surface area (Å²) < 4.78 is 41.5. The number of ether oxygens (including phenoxy) is 3. The second-order valence-electron chi connectivity index (χ2n) is 7.45. The van der Waals surface area contributed by atoms with Gasteiger partial charge in [-0.05, 0) is 54.8 Å². The van der Waals surface area contributed by atoms with Gasteiger partial charge in [0.25, 0.3) is 0 Å². The van der Waals surface area contributed by atoms with Crippen LogP contribution in [0.3, 0.4) is 0 Å². The fourth-order valence-corrected chi connectivity index (χ4v) is 5.06. The van der Waals surface area contributed by atoms with Crippen LogP contribution >= 0.6 is 11.6 Å². The molecule has 1 fully saturated rings. The molecule has 1 N–H and O–H groups in total. The molecule has 2 aromatic carbocycles. The highest BCUT2D eigenvalue weighted by molar-refractivity contribution is 7.92. The lowest BCUT2D eigenvalue weighted by molar-refractivity contribution is -0.119. The molecule has 0 aromatic heterocycles. The summed E-state index contributed by atoms with van der Waals surface area (Å²) in [5.41, 5.74) is 0.648. The molecule has 1 saturated heterocycles. The summed E-state index contributed by atoms with van der Waals surface area (Å²) in [6.45, 7) is 1.62. The Bertz CT molecular complexity index is 1030. The van der Waals surface area contributed by atoms with Crippen molar-refractivity contribution in [2.75, 3.05) is 32.3 Å². The van der Waals surface area contributed by atoms with Gasteiger partial charge >= 0.3 is 0 Å². The van der Waals surface area contributed by atoms with Gasteiger partial charge in [0.15, 0.2) is 21.3 Å². The van der Waals surface area contributed by atoms with Crippen molar-refractivity contribution in [3.63, 3.8) is 0 Å². The molecule has 2 aliphatic rings. The number of nitrogens with one attached hydrogen (secondary N) is 1. The van der Waals surface area contributed by atoms with E-state index in [-0.39, 0.29) is 17.1 Å². The molecule has 0 atom stereocenters. The van der Waals surface area contributed by atoms with E-state index >= 15 is 0 Å². The highest BCUT2D eigenvalue weighted by Crippen LogP contribution is 2.40. The van der Waals surface area contributed by atoms with E-state index in [1.807, 2.05) is 18.2 Å². The molecule has 0 aliphatic carbocycles. The summed E-state index contributed by atoms with van der Waals surface area (Å²) >= 11 is 5.81. The summed E-state index contributed by atoms with van der Waals surface area (Å²) in [5, 5.41) is 3.26. The molecular formula is C21H22ClNO6S. The van der Waals surface area contributed by atoms with E-state index in [1.54, 1.807) is 0 Å². The molecule has 9 heteroatoms. The zero-order valence-electron chi connectivity index (χ0n) is 16.2. The van der Waals surface area contributed by atoms with Crippen LogP contribution in [0.5, 0.6) is 11.5 Å². The van der Waals surface area contributed by atoms with Gasteiger partial charge in [0, 0.05) is 30.2 Å². The van der Waals surface area contributed by atoms with E-state index in [1.165, 1.54) is 24.3 Å². The van der Waals surface area contributed by atoms with Crippen LogP contribution in [0.1, 0.15) is 18.4 Å². The van der Waals surface area contributed by atoms with Gasteiger partial charge in [-0.15, -0.1) is 0 Å². The Morgan fingerprint density at radius 3 is 2.47 bits per heavy atom. The number of benzene rings is 2. The maximum absolute atomic E-state index is 12.5. The van der Waals surface area contributed by atoms with Crippen LogP contribution in [0, 0.1) is 0 Å². The van der Waals surface area contributed by atoms with Crippen molar-refractivity contribution in [2.45, 2.75) is 23.2 Å². The first-order valence-electron chi connectivity index (χ1n) is 9.61. The molecule has 2 aromatic rings. The number of carbonyl (C=O) groups excluding carboxylic acids is 1. The summed E-state index contributed by atoms with van der Waals surface area (Å²) in [6.07, 6.45) is 1.41. The van der Waals surface area contributed by atoms with E-state index in [0.29, 0.717) is 49.1 Å². The Hall–Kier alpha value is -2.29. The van der Waals surface area contributed by atoms with Crippen LogP contribution in [-0.2, 0) is 24.8 Å². The zero-order chi connectivity index (χ0) is 21.2. The lowest BCUT2D eigenvalue weighted by atomic mass is 9.74. The second kappa shape index (κ2) is 8.45. The third kappa shape index (κ3) is 4.40. The van der Waals surface area contributed by atoms with Crippen molar-refractivity contribution in [3.05, 3.63) is 53.1 Å². The van der Waals surface area contributed by atoms with Crippen LogP contribution in [0.25, 0.3) is 0 Å². The molecule has 0 saturated carbocycles. The standard InChI is InChI=1S/C21H22ClNO6S/c22-16-2-4-17(5-3-16)30(25,26)12-20(24)23-13-21(7-9-27-10-8-21)15-1-6-18-19(11-15)29-14-28-18/h1-6,11H,7-10,12-14H2,(H,23,24). The molecule has 2 heterocycles. The molecule has 4 rings (SSSR count). The fraction of sp³-hybridized carbons (Fsp3) is 0.381. The summed E-state index contributed by atoms with van der Waals surface area (Å²) in [4.78, 5) is 12.6. The van der Waals surface area contributed by atoms with Crippen molar-refractivity contribution in [1.29, 1.82) is 0 Å². The smallest absolute Gasteiger partial charge is 0.235 e. The molecule has 1 amide bonds. The number of rotatable bonds is 6. The zero-order valence-corrected chi connectivity index (χ0v) is 17.8. The Kier molecular flexibility index (Phi) is 5.90. The van der Waals surface area contributed by atoms with Crippen molar-refractivity contribution < 1.29 is 27.4 Å². The monoisotopic (exact) mass is 451 g/mol. The van der Waals surface area contributed by atoms with E-state index in [0.717, 1.165) is 5.56 Å². The molecule has 0 unspecified atom stereocenters. The Labute approximate surface area is 180 Å². The Balaban J connectivity index is 1.48. The SMILES string of the molecule is O=C(CS(=O)(=O)c1ccc(Cl)cc1)NCC1(c2ccc3c(c2)OCO3)CCOCC1. The predicted octanol–water partition coefficient (Wildman–Crippen LogP) is 2.71. The van der Waals surface area contributed by atoms with E-state index in [2.05, 4.69) is 5.32 Å². The number of carbonyl (C=O) groups is 1. The van der Waals surface area contributed by atoms with Crippen LogP contribution in [-0.4, -0.2) is 46.6 Å². The highest BCUT2D eigenvalue weighted by atomic mass is 35.5. The van der Waals surface area contributed by atoms with Crippen LogP contribution in [0.15, 0.2) is 47.4 Å². The van der Waals surface area contributed by atoms with Crippen molar-refractivity contribution >= 4 is 27.3 Å². The van der Waals surface area contributed by atoms with Gasteiger partial charge in [-0.1, -0.05) is 17.7 Å². The lowest BCUT2D eigenvalue weighted by Gasteiger charge is -2.38. The first-order chi connectivity index (χ1) is 14.4. The van der Waals surface area contributed by atoms with Gasteiger partial charge in [0.2, 0.25) is 12.7 Å². The molecular weight excluding hydrogens is 430 g/mol. The van der Waals surface area contributed by atoms with Crippen molar-refractivity contribution in [1.82, 2.24) is 5.32 Å². The largest absolute Gasteiger partial charge is 0.454 e. The van der Waals surface area contributed by atoms with Crippen LogP contribution in [0.2, 0.25) is 5.02 Å². The molecule has 7 nitrogen and oxygen atoms in total. The fourth-order valence-electron chi connectivity index (χ4n) is 3.77. The van der Waals surface area contributed by atoms with Gasteiger partial charge in [-0.2, -0.15) is 0 Å². The summed E-state index contributed by atoms with van der Waals surface area (Å²) in [6, 6.07) is 11.5. The van der Waals surface area contributed by atoms with Gasteiger partial charge in [0.1, 0.15) is 5.75 Å². The Morgan fingerprint density at radius 1 is 1.03 bits per heavy atom. The highest BCUT2D eigenvalue weighted by Gasteiger charge is 2.36. The van der Waals surface area contributed by atoms with Crippen molar-refractivity contribution in [3.8, 4) is 11.5 Å². The number of hydrogen-bond acceptors (Lipinski definition) is 6. The van der Waals surface area contributed by atoms with Crippen molar-refractivity contribution in [2.24, 2.45) is 0 Å². The van der Waals surface area contributed by atoms with E-state index in [9.17, 15) is 13.2 Å². The third-order valence-corrected chi connectivity index (χ3v) is 7.44. The van der Waals surface area contributed by atoms with E-state index < -0.39 is 21.5 Å². The number of amides is 1. The first kappa shape index (κ1) is 21.0. The average Bonchev–Trinajstić information content (AvgIpc) is 3.21. The van der Waals surface area contributed by atoms with Crippen LogP contribution < -0.4 is 14.8 Å². The molecule has 0 radical (unpaired) electrons. The summed E-state index contributed by atoms with van der Waals surface area (Å²) in [5.74, 6) is 0.202. The maximum atomic E-state index is 12.5. The van der Waals surface area contributed by atoms with Crippen LogP contribution in [0.4, 0.5) is 0 Å². The topological polar surface area (TPSA) is 90.9 Å². The minimum Gasteiger partial charge on any atom is -0.454 e.